The number of carbonyl (C=O) groups excluding carboxylic acids is 7. The number of imidazole rings is 1. The van der Waals surface area contributed by atoms with Crippen LogP contribution in [0.25, 0.3) is 22.4 Å². The van der Waals surface area contributed by atoms with E-state index in [2.05, 4.69) is 31.2 Å². The first-order valence-corrected chi connectivity index (χ1v) is 19.6. The molecule has 60 heavy (non-hydrogen) atoms. The van der Waals surface area contributed by atoms with Crippen LogP contribution in [-0.2, 0) is 28.7 Å². The number of H-pyrrole nitrogens is 1. The standard InChI is InChI=1S/C42H45N9O9/c1-59-41(57)46-30-20-21-34(52)50-23-7-10-32(51(50)38(30)54)36-43-24-31(45-36)27-14-12-25(13-15-27)26-16-18-29(19-17-26)44-40(56)48-37(53)33-11-6-22-49(33)39(55)35(47-42(58)60-2)28-8-4-3-5-9-28/h3-5,8-9,12-19,24,30,32-33,35H,6-7,10-11,20-23H2,1-2H3,(H,43,45)(H,46,57)(H,47,58)(H2,44,48,53,56)/t30-,32-,33?,35?/m0/s1. The topological polar surface area (TPSA) is 224 Å². The molecule has 312 valence electrons. The quantitative estimate of drug-likeness (QED) is 0.160. The maximum atomic E-state index is 13.7. The third-order valence-electron chi connectivity index (χ3n) is 10.8. The molecule has 18 nitrogen and oxygen atoms in total. The largest absolute Gasteiger partial charge is 0.453 e. The van der Waals surface area contributed by atoms with Gasteiger partial charge in [0.05, 0.1) is 26.1 Å². The van der Waals surface area contributed by atoms with Crippen LogP contribution in [-0.4, -0.2) is 106 Å². The fourth-order valence-corrected chi connectivity index (χ4v) is 7.80. The molecule has 4 atom stereocenters. The molecular weight excluding hydrogens is 775 g/mol. The zero-order chi connectivity index (χ0) is 42.3. The predicted molar refractivity (Wildman–Crippen MR) is 215 cm³/mol. The molecule has 3 aromatic carbocycles. The van der Waals surface area contributed by atoms with E-state index in [1.54, 1.807) is 48.7 Å². The van der Waals surface area contributed by atoms with Crippen molar-refractivity contribution in [2.24, 2.45) is 0 Å². The third-order valence-corrected chi connectivity index (χ3v) is 10.8. The van der Waals surface area contributed by atoms with Gasteiger partial charge in [-0.3, -0.25) is 29.5 Å². The molecule has 3 saturated heterocycles. The fourth-order valence-electron chi connectivity index (χ4n) is 7.80. The van der Waals surface area contributed by atoms with Gasteiger partial charge in [-0.2, -0.15) is 0 Å². The number of urea groups is 1. The number of alkyl carbamates (subject to hydrolysis) is 2. The third kappa shape index (κ3) is 8.91. The number of imide groups is 1. The number of hydrazine groups is 1. The minimum absolute atomic E-state index is 0.107. The van der Waals surface area contributed by atoms with Crippen molar-refractivity contribution in [2.45, 2.75) is 62.7 Å². The van der Waals surface area contributed by atoms with Crippen molar-refractivity contribution in [3.63, 3.8) is 0 Å². The molecule has 3 aliphatic rings. The van der Waals surface area contributed by atoms with Crippen molar-refractivity contribution in [1.29, 1.82) is 0 Å². The number of rotatable bonds is 9. The molecule has 7 rings (SSSR count). The number of hydrogen-bond acceptors (Lipinski definition) is 10. The highest BCUT2D eigenvalue weighted by Crippen LogP contribution is 2.35. The summed E-state index contributed by atoms with van der Waals surface area (Å²) in [5.74, 6) is -1.21. The number of ether oxygens (including phenoxy) is 2. The number of hydrogen-bond donors (Lipinski definition) is 5. The second kappa shape index (κ2) is 18.1. The number of fused-ring (bicyclic) bond motifs is 1. The smallest absolute Gasteiger partial charge is 0.407 e. The van der Waals surface area contributed by atoms with E-state index in [0.29, 0.717) is 55.0 Å². The molecule has 8 amide bonds. The number of methoxy groups -OCH3 is 2. The van der Waals surface area contributed by atoms with E-state index in [-0.39, 0.29) is 25.3 Å². The maximum absolute atomic E-state index is 13.7. The first-order valence-electron chi connectivity index (χ1n) is 19.6. The van der Waals surface area contributed by atoms with Crippen LogP contribution < -0.4 is 21.3 Å². The first kappa shape index (κ1) is 40.9. The van der Waals surface area contributed by atoms with E-state index in [9.17, 15) is 33.6 Å². The Morgan fingerprint density at radius 2 is 1.47 bits per heavy atom. The second-order valence-electron chi connectivity index (χ2n) is 14.5. The number of likely N-dealkylation sites (tertiary alicyclic amines) is 1. The van der Waals surface area contributed by atoms with Crippen molar-refractivity contribution in [3.05, 3.63) is 96.4 Å². The summed E-state index contributed by atoms with van der Waals surface area (Å²) in [4.78, 5) is 99.8. The summed E-state index contributed by atoms with van der Waals surface area (Å²) in [5.41, 5.74) is 4.28. The Balaban J connectivity index is 0.961. The summed E-state index contributed by atoms with van der Waals surface area (Å²) in [6, 6.07) is 19.2. The Hall–Kier alpha value is -7.24. The number of nitrogens with one attached hydrogen (secondary N) is 5. The number of aromatic nitrogens is 2. The number of amides is 8. The fraction of sp³-hybridized carbons (Fsp3) is 0.333. The van der Waals surface area contributed by atoms with Gasteiger partial charge in [0.1, 0.15) is 30.0 Å². The van der Waals surface area contributed by atoms with Gasteiger partial charge in [-0.05, 0) is 66.5 Å². The molecule has 5 N–H and O–H groups in total. The van der Waals surface area contributed by atoms with Crippen LogP contribution in [0.5, 0.6) is 0 Å². The predicted octanol–water partition coefficient (Wildman–Crippen LogP) is 4.41. The lowest BCUT2D eigenvalue weighted by Crippen LogP contribution is -2.57. The Morgan fingerprint density at radius 1 is 0.800 bits per heavy atom. The molecule has 3 aliphatic heterocycles. The lowest BCUT2D eigenvalue weighted by molar-refractivity contribution is -0.174. The van der Waals surface area contributed by atoms with Gasteiger partial charge in [-0.1, -0.05) is 66.7 Å². The van der Waals surface area contributed by atoms with Crippen molar-refractivity contribution >= 4 is 47.5 Å². The monoisotopic (exact) mass is 819 g/mol. The molecule has 18 heteroatoms. The minimum atomic E-state index is -1.08. The van der Waals surface area contributed by atoms with Crippen LogP contribution in [0.3, 0.4) is 0 Å². The molecule has 0 bridgehead atoms. The minimum Gasteiger partial charge on any atom is -0.453 e. The van der Waals surface area contributed by atoms with Gasteiger partial charge in [-0.15, -0.1) is 0 Å². The van der Waals surface area contributed by atoms with Crippen LogP contribution in [0, 0.1) is 0 Å². The van der Waals surface area contributed by atoms with E-state index in [0.717, 1.165) is 16.7 Å². The van der Waals surface area contributed by atoms with Gasteiger partial charge >= 0.3 is 18.2 Å². The van der Waals surface area contributed by atoms with E-state index in [1.165, 1.54) is 29.1 Å². The van der Waals surface area contributed by atoms with Crippen LogP contribution in [0.4, 0.5) is 20.1 Å². The van der Waals surface area contributed by atoms with Crippen molar-refractivity contribution in [3.8, 4) is 22.4 Å². The number of carbonyl (C=O) groups is 7. The maximum Gasteiger partial charge on any atom is 0.407 e. The summed E-state index contributed by atoms with van der Waals surface area (Å²) in [7, 11) is 2.41. The zero-order valence-corrected chi connectivity index (χ0v) is 33.0. The Bertz CT molecular complexity index is 2250. The number of benzene rings is 3. The molecule has 4 aromatic rings. The Kier molecular flexibility index (Phi) is 12.4. The van der Waals surface area contributed by atoms with Gasteiger partial charge < -0.3 is 35.3 Å². The van der Waals surface area contributed by atoms with Crippen LogP contribution >= 0.6 is 0 Å². The van der Waals surface area contributed by atoms with Crippen LogP contribution in [0.2, 0.25) is 0 Å². The summed E-state index contributed by atoms with van der Waals surface area (Å²) in [6.07, 6.45) is 2.55. The highest BCUT2D eigenvalue weighted by atomic mass is 16.5. The van der Waals surface area contributed by atoms with Crippen molar-refractivity contribution < 1.29 is 43.0 Å². The van der Waals surface area contributed by atoms with E-state index in [4.69, 9.17) is 9.47 Å². The van der Waals surface area contributed by atoms with Crippen molar-refractivity contribution in [2.75, 3.05) is 32.6 Å². The van der Waals surface area contributed by atoms with Crippen LogP contribution in [0.15, 0.2) is 85.1 Å². The van der Waals surface area contributed by atoms with Gasteiger partial charge in [0.15, 0.2) is 0 Å². The average molecular weight is 820 g/mol. The lowest BCUT2D eigenvalue weighted by atomic mass is 10.0. The number of nitrogens with zero attached hydrogens (tertiary/aromatic N) is 4. The average Bonchev–Trinajstić information content (AvgIpc) is 3.96. The summed E-state index contributed by atoms with van der Waals surface area (Å²) in [6.45, 7) is 0.669. The van der Waals surface area contributed by atoms with Gasteiger partial charge in [0.2, 0.25) is 5.91 Å². The van der Waals surface area contributed by atoms with Gasteiger partial charge in [0.25, 0.3) is 17.7 Å². The van der Waals surface area contributed by atoms with E-state index >= 15 is 0 Å². The second-order valence-corrected chi connectivity index (χ2v) is 14.5. The normalized spacial score (nSPS) is 19.4. The highest BCUT2D eigenvalue weighted by molar-refractivity contribution is 6.04. The molecule has 0 radical (unpaired) electrons. The Morgan fingerprint density at radius 3 is 2.17 bits per heavy atom. The molecule has 0 aliphatic carbocycles. The zero-order valence-electron chi connectivity index (χ0n) is 33.0. The molecule has 0 saturated carbocycles. The SMILES string of the molecule is COC(=O)NC(C(=O)N1CCCC1C(=O)NC(=O)Nc1ccc(-c2ccc(-c3cnc([C@@H]4CCCN5C(=O)CC[C@H](NC(=O)OC)C(=O)N45)[nH]3)cc2)cc1)c1ccccc1. The molecule has 4 heterocycles. The van der Waals surface area contributed by atoms with E-state index < -0.39 is 60.1 Å². The first-order chi connectivity index (χ1) is 29.0. The number of anilines is 1. The highest BCUT2D eigenvalue weighted by Gasteiger charge is 2.44. The van der Waals surface area contributed by atoms with Gasteiger partial charge in [-0.25, -0.2) is 24.4 Å². The molecule has 1 aromatic heterocycles. The molecule has 0 spiro atoms. The molecule has 3 fully saturated rings. The Labute approximate surface area is 344 Å². The van der Waals surface area contributed by atoms with Crippen molar-refractivity contribution in [1.82, 2.24) is 40.8 Å². The molecule has 2 unspecified atom stereocenters. The number of aromatic amines is 1. The van der Waals surface area contributed by atoms with E-state index in [1.807, 2.05) is 36.4 Å². The van der Waals surface area contributed by atoms with Gasteiger partial charge in [0, 0.05) is 25.2 Å². The summed E-state index contributed by atoms with van der Waals surface area (Å²) in [5, 5.41) is 13.0. The summed E-state index contributed by atoms with van der Waals surface area (Å²) < 4.78 is 9.42. The van der Waals surface area contributed by atoms with Crippen LogP contribution in [0.1, 0.15) is 62.0 Å². The molecular formula is C42H45N9O9. The lowest BCUT2D eigenvalue weighted by Gasteiger charge is -2.42. The summed E-state index contributed by atoms with van der Waals surface area (Å²) >= 11 is 0.